The Bertz CT molecular complexity index is 580. The Morgan fingerprint density at radius 2 is 1.68 bits per heavy atom. The molecule has 19 heavy (non-hydrogen) atoms. The molecule has 2 aromatic rings. The minimum Gasteiger partial charge on any atom is -0.355 e. The summed E-state index contributed by atoms with van der Waals surface area (Å²) in [5, 5.41) is 0. The van der Waals surface area contributed by atoms with Crippen LogP contribution in [-0.2, 0) is 6.54 Å². The van der Waals surface area contributed by atoms with Crippen LogP contribution in [0.25, 0.3) is 0 Å². The SMILES string of the molecule is CN1Cc2ccccc2N(C)C1c1ccc(Br)cc1. The van der Waals surface area contributed by atoms with Gasteiger partial charge in [0.2, 0.25) is 0 Å². The summed E-state index contributed by atoms with van der Waals surface area (Å²) in [5.74, 6) is 0. The molecule has 2 aromatic carbocycles. The van der Waals surface area contributed by atoms with Gasteiger partial charge in [0.15, 0.2) is 0 Å². The Hall–Kier alpha value is -1.32. The summed E-state index contributed by atoms with van der Waals surface area (Å²) >= 11 is 3.50. The largest absolute Gasteiger partial charge is 0.355 e. The summed E-state index contributed by atoms with van der Waals surface area (Å²) in [5.41, 5.74) is 4.04. The van der Waals surface area contributed by atoms with Crippen molar-refractivity contribution < 1.29 is 0 Å². The van der Waals surface area contributed by atoms with Gasteiger partial charge in [0, 0.05) is 23.8 Å². The number of fused-ring (bicyclic) bond motifs is 1. The van der Waals surface area contributed by atoms with Crippen molar-refractivity contribution in [1.82, 2.24) is 4.90 Å². The van der Waals surface area contributed by atoms with Crippen LogP contribution < -0.4 is 4.90 Å². The molecule has 2 nitrogen and oxygen atoms in total. The molecular weight excluding hydrogens is 300 g/mol. The monoisotopic (exact) mass is 316 g/mol. The average molecular weight is 317 g/mol. The highest BCUT2D eigenvalue weighted by molar-refractivity contribution is 9.10. The van der Waals surface area contributed by atoms with Crippen LogP contribution in [0.4, 0.5) is 5.69 Å². The Morgan fingerprint density at radius 3 is 2.42 bits per heavy atom. The Morgan fingerprint density at radius 1 is 1.00 bits per heavy atom. The molecule has 1 aliphatic heterocycles. The van der Waals surface area contributed by atoms with Crippen molar-refractivity contribution in [2.24, 2.45) is 0 Å². The number of anilines is 1. The van der Waals surface area contributed by atoms with E-state index in [1.807, 2.05) is 0 Å². The quantitative estimate of drug-likeness (QED) is 0.783. The molecule has 3 rings (SSSR count). The summed E-state index contributed by atoms with van der Waals surface area (Å²) in [6.07, 6.45) is 0.294. The topological polar surface area (TPSA) is 6.48 Å². The molecule has 0 radical (unpaired) electrons. The van der Waals surface area contributed by atoms with Crippen molar-refractivity contribution >= 4 is 21.6 Å². The minimum atomic E-state index is 0.294. The molecule has 1 aliphatic rings. The molecule has 0 saturated heterocycles. The zero-order valence-electron chi connectivity index (χ0n) is 11.2. The average Bonchev–Trinajstić information content (AvgIpc) is 2.41. The van der Waals surface area contributed by atoms with Crippen LogP contribution in [0.1, 0.15) is 17.3 Å². The van der Waals surface area contributed by atoms with Gasteiger partial charge in [-0.15, -0.1) is 0 Å². The first-order valence-corrected chi connectivity index (χ1v) is 7.22. The molecule has 0 fully saturated rings. The molecular formula is C16H17BrN2. The first-order chi connectivity index (χ1) is 9.16. The van der Waals surface area contributed by atoms with Gasteiger partial charge in [-0.2, -0.15) is 0 Å². The minimum absolute atomic E-state index is 0.294. The molecule has 1 atom stereocenters. The highest BCUT2D eigenvalue weighted by atomic mass is 79.9. The van der Waals surface area contributed by atoms with Crippen molar-refractivity contribution in [1.29, 1.82) is 0 Å². The van der Waals surface area contributed by atoms with Crippen LogP contribution in [0.15, 0.2) is 53.0 Å². The Balaban J connectivity index is 2.01. The van der Waals surface area contributed by atoms with Gasteiger partial charge in [0.1, 0.15) is 6.17 Å². The van der Waals surface area contributed by atoms with E-state index in [1.165, 1.54) is 16.8 Å². The summed E-state index contributed by atoms with van der Waals surface area (Å²) in [7, 11) is 4.35. The maximum atomic E-state index is 3.50. The molecule has 0 aliphatic carbocycles. The number of rotatable bonds is 1. The van der Waals surface area contributed by atoms with Crippen molar-refractivity contribution in [2.45, 2.75) is 12.7 Å². The summed E-state index contributed by atoms with van der Waals surface area (Å²) in [4.78, 5) is 4.73. The lowest BCUT2D eigenvalue weighted by molar-refractivity contribution is 0.221. The van der Waals surface area contributed by atoms with Crippen LogP contribution >= 0.6 is 15.9 Å². The summed E-state index contributed by atoms with van der Waals surface area (Å²) in [6.45, 7) is 0.987. The number of hydrogen-bond donors (Lipinski definition) is 0. The van der Waals surface area contributed by atoms with Crippen LogP contribution in [0, 0.1) is 0 Å². The van der Waals surface area contributed by atoms with Gasteiger partial charge in [0.05, 0.1) is 0 Å². The van der Waals surface area contributed by atoms with E-state index < -0.39 is 0 Å². The van der Waals surface area contributed by atoms with Gasteiger partial charge in [0.25, 0.3) is 0 Å². The van der Waals surface area contributed by atoms with Gasteiger partial charge in [-0.1, -0.05) is 46.3 Å². The number of nitrogens with zero attached hydrogens (tertiary/aromatic N) is 2. The summed E-state index contributed by atoms with van der Waals surface area (Å²) < 4.78 is 1.12. The zero-order valence-corrected chi connectivity index (χ0v) is 12.8. The molecule has 98 valence electrons. The van der Waals surface area contributed by atoms with Gasteiger partial charge in [-0.3, -0.25) is 4.90 Å². The molecule has 0 aromatic heterocycles. The Kier molecular flexibility index (Phi) is 3.33. The molecule has 0 amide bonds. The third-order valence-electron chi connectivity index (χ3n) is 3.74. The number of benzene rings is 2. The number of para-hydroxylation sites is 1. The van der Waals surface area contributed by atoms with Crippen LogP contribution in [0.3, 0.4) is 0 Å². The lowest BCUT2D eigenvalue weighted by atomic mass is 10.0. The van der Waals surface area contributed by atoms with Crippen molar-refractivity contribution in [2.75, 3.05) is 19.0 Å². The van der Waals surface area contributed by atoms with Crippen LogP contribution in [0.2, 0.25) is 0 Å². The first-order valence-electron chi connectivity index (χ1n) is 6.43. The maximum Gasteiger partial charge on any atom is 0.108 e. The normalized spacial score (nSPS) is 19.3. The molecule has 0 bridgehead atoms. The lowest BCUT2D eigenvalue weighted by Gasteiger charge is -2.42. The number of hydrogen-bond acceptors (Lipinski definition) is 2. The third-order valence-corrected chi connectivity index (χ3v) is 4.27. The van der Waals surface area contributed by atoms with E-state index in [4.69, 9.17) is 0 Å². The van der Waals surface area contributed by atoms with E-state index in [0.29, 0.717) is 6.17 Å². The first kappa shape index (κ1) is 12.7. The van der Waals surface area contributed by atoms with E-state index in [1.54, 1.807) is 0 Å². The fourth-order valence-corrected chi connectivity index (χ4v) is 3.15. The van der Waals surface area contributed by atoms with Crippen molar-refractivity contribution in [3.63, 3.8) is 0 Å². The molecule has 0 saturated carbocycles. The van der Waals surface area contributed by atoms with E-state index in [2.05, 4.69) is 88.4 Å². The van der Waals surface area contributed by atoms with E-state index in [-0.39, 0.29) is 0 Å². The van der Waals surface area contributed by atoms with Crippen molar-refractivity contribution in [3.05, 3.63) is 64.1 Å². The smallest absolute Gasteiger partial charge is 0.108 e. The molecule has 0 N–H and O–H groups in total. The second kappa shape index (κ2) is 4.99. The lowest BCUT2D eigenvalue weighted by Crippen LogP contribution is -2.41. The summed E-state index contributed by atoms with van der Waals surface area (Å²) in [6, 6.07) is 17.2. The van der Waals surface area contributed by atoms with E-state index >= 15 is 0 Å². The van der Waals surface area contributed by atoms with Crippen LogP contribution in [-0.4, -0.2) is 19.0 Å². The van der Waals surface area contributed by atoms with E-state index in [9.17, 15) is 0 Å². The second-order valence-corrected chi connectivity index (χ2v) is 6.00. The Labute approximate surface area is 122 Å². The molecule has 0 spiro atoms. The standard InChI is InChI=1S/C16H17BrN2/c1-18-11-13-5-3-4-6-15(13)19(2)16(18)12-7-9-14(17)10-8-12/h3-10,16H,11H2,1-2H3. The van der Waals surface area contributed by atoms with E-state index in [0.717, 1.165) is 11.0 Å². The fourth-order valence-electron chi connectivity index (χ4n) is 2.88. The molecule has 3 heteroatoms. The molecule has 1 unspecified atom stereocenters. The predicted molar refractivity (Wildman–Crippen MR) is 83.2 cm³/mol. The van der Waals surface area contributed by atoms with Gasteiger partial charge in [-0.05, 0) is 36.4 Å². The van der Waals surface area contributed by atoms with Crippen LogP contribution in [0.5, 0.6) is 0 Å². The van der Waals surface area contributed by atoms with Gasteiger partial charge in [-0.25, -0.2) is 0 Å². The fraction of sp³-hybridized carbons (Fsp3) is 0.250. The highest BCUT2D eigenvalue weighted by Gasteiger charge is 2.28. The van der Waals surface area contributed by atoms with Gasteiger partial charge < -0.3 is 4.90 Å². The van der Waals surface area contributed by atoms with Gasteiger partial charge >= 0.3 is 0 Å². The second-order valence-electron chi connectivity index (χ2n) is 5.08. The van der Waals surface area contributed by atoms with Crippen molar-refractivity contribution in [3.8, 4) is 0 Å². The third kappa shape index (κ3) is 2.28. The highest BCUT2D eigenvalue weighted by Crippen LogP contribution is 2.36. The zero-order chi connectivity index (χ0) is 13.4. The number of halogens is 1. The molecule has 1 heterocycles. The predicted octanol–water partition coefficient (Wildman–Crippen LogP) is 4.03. The maximum absolute atomic E-state index is 3.50.